The molecule has 0 saturated heterocycles. The van der Waals surface area contributed by atoms with Crippen LogP contribution in [-0.4, -0.2) is 21.9 Å². The van der Waals surface area contributed by atoms with Crippen LogP contribution in [0.4, 0.5) is 13.2 Å². The highest BCUT2D eigenvalue weighted by molar-refractivity contribution is 5.74. The van der Waals surface area contributed by atoms with E-state index in [0.29, 0.717) is 17.7 Å². The smallest absolute Gasteiger partial charge is 0.416 e. The van der Waals surface area contributed by atoms with Gasteiger partial charge < -0.3 is 14.7 Å². The predicted molar refractivity (Wildman–Crippen MR) is 123 cm³/mol. The number of carbonyl (C=O) groups excluding carboxylic acids is 1. The molecule has 8 heteroatoms. The van der Waals surface area contributed by atoms with E-state index >= 15 is 0 Å². The van der Waals surface area contributed by atoms with Crippen LogP contribution >= 0.6 is 0 Å². The predicted octanol–water partition coefficient (Wildman–Crippen LogP) is 6.16. The number of alkyl halides is 3. The van der Waals surface area contributed by atoms with Crippen LogP contribution in [0, 0.1) is 0 Å². The van der Waals surface area contributed by atoms with Crippen molar-refractivity contribution >= 4 is 11.9 Å². The van der Waals surface area contributed by atoms with Crippen molar-refractivity contribution < 1.29 is 32.6 Å². The van der Waals surface area contributed by atoms with Crippen LogP contribution in [0.25, 0.3) is 0 Å². The van der Waals surface area contributed by atoms with Crippen molar-refractivity contribution in [2.24, 2.45) is 0 Å². The van der Waals surface area contributed by atoms with Gasteiger partial charge in [-0.1, -0.05) is 36.4 Å². The summed E-state index contributed by atoms with van der Waals surface area (Å²) in [6, 6.07) is 17.1. The first-order chi connectivity index (χ1) is 16.6. The van der Waals surface area contributed by atoms with E-state index in [2.05, 4.69) is 0 Å². The Morgan fingerprint density at radius 2 is 1.83 bits per heavy atom. The summed E-state index contributed by atoms with van der Waals surface area (Å²) in [6.07, 6.45) is -3.30. The maximum atomic E-state index is 13.5. The largest absolute Gasteiger partial charge is 0.481 e. The van der Waals surface area contributed by atoms with Crippen molar-refractivity contribution in [3.63, 3.8) is 0 Å². The van der Waals surface area contributed by atoms with Crippen molar-refractivity contribution in [2.75, 3.05) is 0 Å². The van der Waals surface area contributed by atoms with E-state index in [4.69, 9.17) is 9.84 Å². The van der Waals surface area contributed by atoms with Gasteiger partial charge in [0.2, 0.25) is 5.91 Å². The molecule has 0 bridgehead atoms. The number of hydrogen-bond donors (Lipinski definition) is 1. The average molecular weight is 483 g/mol. The lowest BCUT2D eigenvalue weighted by Gasteiger charge is -2.30. The van der Waals surface area contributed by atoms with Crippen molar-refractivity contribution in [1.82, 2.24) is 4.90 Å². The van der Waals surface area contributed by atoms with Gasteiger partial charge in [-0.05, 0) is 59.9 Å². The van der Waals surface area contributed by atoms with E-state index < -0.39 is 17.7 Å². The average Bonchev–Trinajstić information content (AvgIpc) is 3.21. The molecule has 1 N–H and O–H groups in total. The summed E-state index contributed by atoms with van der Waals surface area (Å²) >= 11 is 0. The number of halogens is 3. The van der Waals surface area contributed by atoms with Gasteiger partial charge in [-0.3, -0.25) is 9.59 Å². The molecule has 1 aliphatic carbocycles. The number of fused-ring (bicyclic) bond motifs is 1. The van der Waals surface area contributed by atoms with Gasteiger partial charge in [0, 0.05) is 19.0 Å². The molecule has 0 saturated carbocycles. The number of aliphatic carboxylic acids is 1. The maximum Gasteiger partial charge on any atom is 0.416 e. The van der Waals surface area contributed by atoms with Crippen LogP contribution in [0.2, 0.25) is 0 Å². The zero-order valence-corrected chi connectivity index (χ0v) is 19.0. The van der Waals surface area contributed by atoms with E-state index in [0.717, 1.165) is 29.7 Å². The number of nitrogens with zero attached hydrogens (tertiary/aromatic N) is 1. The molecular formula is C27H24F3NO4. The molecule has 0 spiro atoms. The Balaban J connectivity index is 1.69. The van der Waals surface area contributed by atoms with E-state index in [1.54, 1.807) is 23.1 Å². The molecule has 5 nitrogen and oxygen atoms in total. The fourth-order valence-electron chi connectivity index (χ4n) is 4.48. The van der Waals surface area contributed by atoms with E-state index in [1.165, 1.54) is 19.1 Å². The second-order valence-corrected chi connectivity index (χ2v) is 8.54. The van der Waals surface area contributed by atoms with Crippen molar-refractivity contribution in [3.8, 4) is 11.5 Å². The summed E-state index contributed by atoms with van der Waals surface area (Å²) in [7, 11) is 0. The highest BCUT2D eigenvalue weighted by Crippen LogP contribution is 2.39. The standard InChI is InChI=1S/C27H24F3NO4/c1-17(32)31(24-11-9-19-6-2-3-8-23(19)24)16-20-15-21(27(28,29)30)10-12-25(20)35-22-7-4-5-18(13-22)14-26(33)34/h2-8,10,12-13,15,24H,9,11,14,16H2,1H3,(H,33,34)/t24-/m0/s1. The van der Waals surface area contributed by atoms with Crippen molar-refractivity contribution in [1.29, 1.82) is 0 Å². The van der Waals surface area contributed by atoms with Gasteiger partial charge in [-0.25, -0.2) is 0 Å². The second kappa shape index (κ2) is 9.82. The summed E-state index contributed by atoms with van der Waals surface area (Å²) in [5.41, 5.74) is 1.99. The molecule has 0 unspecified atom stereocenters. The Kier molecular flexibility index (Phi) is 6.82. The number of carbonyl (C=O) groups is 2. The molecule has 182 valence electrons. The number of hydrogen-bond acceptors (Lipinski definition) is 3. The minimum atomic E-state index is -4.56. The minimum absolute atomic E-state index is 0.0671. The SMILES string of the molecule is CC(=O)N(Cc1cc(C(F)(F)F)ccc1Oc1cccc(CC(=O)O)c1)[C@H]1CCc2ccccc21. The third-order valence-electron chi connectivity index (χ3n) is 6.09. The number of ether oxygens (including phenoxy) is 1. The first kappa shape index (κ1) is 24.3. The highest BCUT2D eigenvalue weighted by atomic mass is 19.4. The Bertz CT molecular complexity index is 1260. The van der Waals surface area contributed by atoms with E-state index in [-0.39, 0.29) is 36.2 Å². The van der Waals surface area contributed by atoms with Crippen LogP contribution in [0.15, 0.2) is 66.7 Å². The fraction of sp³-hybridized carbons (Fsp3) is 0.259. The summed E-state index contributed by atoms with van der Waals surface area (Å²) in [5.74, 6) is -0.793. The Morgan fingerprint density at radius 3 is 2.54 bits per heavy atom. The van der Waals surface area contributed by atoms with Crippen LogP contribution in [0.3, 0.4) is 0 Å². The third-order valence-corrected chi connectivity index (χ3v) is 6.09. The summed E-state index contributed by atoms with van der Waals surface area (Å²) < 4.78 is 46.5. The molecule has 4 rings (SSSR count). The number of carboxylic acid groups (broad SMARTS) is 1. The number of amides is 1. The van der Waals surface area contributed by atoms with Crippen molar-refractivity contribution in [2.45, 2.75) is 44.9 Å². The second-order valence-electron chi connectivity index (χ2n) is 8.54. The molecule has 35 heavy (non-hydrogen) atoms. The van der Waals surface area contributed by atoms with Crippen LogP contribution < -0.4 is 4.74 Å². The van der Waals surface area contributed by atoms with Crippen LogP contribution in [0.5, 0.6) is 11.5 Å². The topological polar surface area (TPSA) is 66.8 Å². The number of benzene rings is 3. The molecule has 3 aromatic carbocycles. The molecule has 0 aliphatic heterocycles. The number of rotatable bonds is 7. The third kappa shape index (κ3) is 5.65. The van der Waals surface area contributed by atoms with Crippen LogP contribution in [-0.2, 0) is 35.2 Å². The normalized spacial score (nSPS) is 14.9. The molecule has 1 amide bonds. The summed E-state index contributed by atoms with van der Waals surface area (Å²) in [4.78, 5) is 25.3. The lowest BCUT2D eigenvalue weighted by atomic mass is 10.0. The molecule has 1 atom stereocenters. The highest BCUT2D eigenvalue weighted by Gasteiger charge is 2.33. The first-order valence-electron chi connectivity index (χ1n) is 11.2. The molecule has 0 heterocycles. The quantitative estimate of drug-likeness (QED) is 0.437. The van der Waals surface area contributed by atoms with Crippen molar-refractivity contribution in [3.05, 3.63) is 94.5 Å². The Morgan fingerprint density at radius 1 is 1.06 bits per heavy atom. The molecular weight excluding hydrogens is 459 g/mol. The van der Waals surface area contributed by atoms with Gasteiger partial charge in [0.25, 0.3) is 0 Å². The molecule has 0 aromatic heterocycles. The lowest BCUT2D eigenvalue weighted by molar-refractivity contribution is -0.138. The lowest BCUT2D eigenvalue weighted by Crippen LogP contribution is -2.31. The summed E-state index contributed by atoms with van der Waals surface area (Å²) in [6.45, 7) is 1.34. The summed E-state index contributed by atoms with van der Waals surface area (Å²) in [5, 5.41) is 9.04. The van der Waals surface area contributed by atoms with E-state index in [1.807, 2.05) is 24.3 Å². The van der Waals surface area contributed by atoms with Crippen LogP contribution in [0.1, 0.15) is 47.2 Å². The molecule has 1 aliphatic rings. The zero-order chi connectivity index (χ0) is 25.2. The van der Waals surface area contributed by atoms with Gasteiger partial charge in [0.05, 0.1) is 18.0 Å². The number of aryl methyl sites for hydroxylation is 1. The number of carboxylic acids is 1. The van der Waals surface area contributed by atoms with Gasteiger partial charge in [0.15, 0.2) is 0 Å². The maximum absolute atomic E-state index is 13.5. The monoisotopic (exact) mass is 483 g/mol. The minimum Gasteiger partial charge on any atom is -0.481 e. The van der Waals surface area contributed by atoms with Gasteiger partial charge in [-0.2, -0.15) is 13.2 Å². The van der Waals surface area contributed by atoms with Gasteiger partial charge in [0.1, 0.15) is 11.5 Å². The molecule has 0 fully saturated rings. The molecule has 0 radical (unpaired) electrons. The zero-order valence-electron chi connectivity index (χ0n) is 19.0. The fourth-order valence-corrected chi connectivity index (χ4v) is 4.48. The Hall–Kier alpha value is -3.81. The molecule has 3 aromatic rings. The Labute approximate surface area is 200 Å². The first-order valence-corrected chi connectivity index (χ1v) is 11.2. The van der Waals surface area contributed by atoms with Gasteiger partial charge in [-0.15, -0.1) is 0 Å². The van der Waals surface area contributed by atoms with E-state index in [9.17, 15) is 22.8 Å². The van der Waals surface area contributed by atoms with Gasteiger partial charge >= 0.3 is 12.1 Å².